The molecule has 0 bridgehead atoms. The van der Waals surface area contributed by atoms with Gasteiger partial charge in [-0.2, -0.15) is 0 Å². The second-order valence-electron chi connectivity index (χ2n) is 6.05. The lowest BCUT2D eigenvalue weighted by Gasteiger charge is -2.31. The molecule has 3 atom stereocenters. The molecule has 0 amide bonds. The minimum absolute atomic E-state index is 0.228. The van der Waals surface area contributed by atoms with Crippen LogP contribution >= 0.6 is 11.6 Å². The molecule has 0 aliphatic carbocycles. The first-order valence-electron chi connectivity index (χ1n) is 7.89. The molecule has 0 spiro atoms. The molecule has 112 valence electrons. The lowest BCUT2D eigenvalue weighted by Crippen LogP contribution is -2.34. The predicted octanol–water partition coefficient (Wildman–Crippen LogP) is 4.39. The predicted molar refractivity (Wildman–Crippen MR) is 88.7 cm³/mol. The molecule has 1 heterocycles. The summed E-state index contributed by atoms with van der Waals surface area (Å²) in [5.74, 6) is 0. The van der Waals surface area contributed by atoms with E-state index in [9.17, 15) is 0 Å². The average molecular weight is 295 g/mol. The van der Waals surface area contributed by atoms with Crippen molar-refractivity contribution in [2.45, 2.75) is 71.0 Å². The number of nitrogens with two attached hydrogens (primary N) is 1. The first kappa shape index (κ1) is 15.7. The fourth-order valence-electron chi connectivity index (χ4n) is 3.24. The van der Waals surface area contributed by atoms with Gasteiger partial charge in [-0.3, -0.25) is 0 Å². The molecule has 2 N–H and O–H groups in total. The van der Waals surface area contributed by atoms with Crippen LogP contribution in [0.3, 0.4) is 0 Å². The van der Waals surface area contributed by atoms with E-state index in [1.807, 2.05) is 0 Å². The normalized spacial score (nSPS) is 24.1. The van der Waals surface area contributed by atoms with Gasteiger partial charge in [0, 0.05) is 18.1 Å². The molecule has 1 saturated heterocycles. The Labute approximate surface area is 128 Å². The van der Waals surface area contributed by atoms with Crippen molar-refractivity contribution in [1.82, 2.24) is 0 Å². The van der Waals surface area contributed by atoms with Gasteiger partial charge in [-0.1, -0.05) is 31.5 Å². The largest absolute Gasteiger partial charge is 0.365 e. The molecule has 2 rings (SSSR count). The maximum absolute atomic E-state index is 6.54. The van der Waals surface area contributed by atoms with Crippen LogP contribution in [0.25, 0.3) is 0 Å². The summed E-state index contributed by atoms with van der Waals surface area (Å²) in [6.45, 7) is 6.68. The summed E-state index contributed by atoms with van der Waals surface area (Å²) >= 11 is 6.54. The number of hydrogen-bond acceptors (Lipinski definition) is 2. The number of hydrogen-bond donors (Lipinski definition) is 1. The van der Waals surface area contributed by atoms with E-state index in [1.54, 1.807) is 0 Å². The summed E-state index contributed by atoms with van der Waals surface area (Å²) in [6.07, 6.45) is 5.63. The van der Waals surface area contributed by atoms with Crippen LogP contribution in [0.15, 0.2) is 18.2 Å². The van der Waals surface area contributed by atoms with Gasteiger partial charge in [0.25, 0.3) is 0 Å². The van der Waals surface area contributed by atoms with Crippen LogP contribution in [0.1, 0.15) is 52.0 Å². The molecule has 3 unspecified atom stereocenters. The molecule has 0 radical (unpaired) electrons. The van der Waals surface area contributed by atoms with Crippen molar-refractivity contribution in [2.24, 2.45) is 5.73 Å². The van der Waals surface area contributed by atoms with Gasteiger partial charge in [-0.05, 0) is 56.7 Å². The molecule has 2 nitrogen and oxygen atoms in total. The van der Waals surface area contributed by atoms with Gasteiger partial charge in [0.05, 0.1) is 10.7 Å². The highest BCUT2D eigenvalue weighted by Crippen LogP contribution is 2.36. The maximum Gasteiger partial charge on any atom is 0.0642 e. The molecule has 0 saturated carbocycles. The Morgan fingerprint density at radius 1 is 1.35 bits per heavy atom. The van der Waals surface area contributed by atoms with Crippen LogP contribution in [0.2, 0.25) is 5.02 Å². The zero-order chi connectivity index (χ0) is 14.7. The number of rotatable bonds is 5. The fraction of sp³-hybridized carbons (Fsp3) is 0.647. The summed E-state index contributed by atoms with van der Waals surface area (Å²) in [5.41, 5.74) is 8.46. The third kappa shape index (κ3) is 3.29. The lowest BCUT2D eigenvalue weighted by molar-refractivity contribution is 0.627. The quantitative estimate of drug-likeness (QED) is 0.873. The van der Waals surface area contributed by atoms with Crippen molar-refractivity contribution < 1.29 is 0 Å². The Morgan fingerprint density at radius 3 is 2.70 bits per heavy atom. The second-order valence-corrected chi connectivity index (χ2v) is 6.46. The van der Waals surface area contributed by atoms with Gasteiger partial charge in [0.2, 0.25) is 0 Å². The highest BCUT2D eigenvalue weighted by molar-refractivity contribution is 6.33. The van der Waals surface area contributed by atoms with Gasteiger partial charge >= 0.3 is 0 Å². The van der Waals surface area contributed by atoms with E-state index in [2.05, 4.69) is 43.9 Å². The fourth-order valence-corrected chi connectivity index (χ4v) is 3.54. The van der Waals surface area contributed by atoms with Crippen molar-refractivity contribution in [3.8, 4) is 0 Å². The first-order valence-corrected chi connectivity index (χ1v) is 8.26. The summed E-state index contributed by atoms with van der Waals surface area (Å²) in [6, 6.07) is 7.92. The molecule has 3 heteroatoms. The van der Waals surface area contributed by atoms with E-state index in [0.717, 1.165) is 17.9 Å². The molecule has 1 aromatic carbocycles. The Morgan fingerprint density at radius 2 is 2.10 bits per heavy atom. The summed E-state index contributed by atoms with van der Waals surface area (Å²) in [7, 11) is 0. The van der Waals surface area contributed by atoms with Crippen LogP contribution in [0, 0.1) is 0 Å². The number of nitrogens with zero attached hydrogens (tertiary/aromatic N) is 1. The van der Waals surface area contributed by atoms with E-state index < -0.39 is 0 Å². The smallest absolute Gasteiger partial charge is 0.0642 e. The molecule has 1 fully saturated rings. The molecule has 1 aromatic rings. The van der Waals surface area contributed by atoms with E-state index in [1.165, 1.54) is 30.5 Å². The topological polar surface area (TPSA) is 29.3 Å². The van der Waals surface area contributed by atoms with Crippen molar-refractivity contribution in [2.75, 3.05) is 4.90 Å². The third-order valence-corrected chi connectivity index (χ3v) is 4.87. The van der Waals surface area contributed by atoms with E-state index in [-0.39, 0.29) is 6.04 Å². The van der Waals surface area contributed by atoms with Gasteiger partial charge in [-0.15, -0.1) is 0 Å². The van der Waals surface area contributed by atoms with E-state index >= 15 is 0 Å². The summed E-state index contributed by atoms with van der Waals surface area (Å²) in [5, 5.41) is 0.873. The van der Waals surface area contributed by atoms with Gasteiger partial charge < -0.3 is 10.6 Å². The van der Waals surface area contributed by atoms with Crippen molar-refractivity contribution in [3.63, 3.8) is 0 Å². The lowest BCUT2D eigenvalue weighted by atomic mass is 10.0. The third-order valence-electron chi connectivity index (χ3n) is 4.57. The molecule has 20 heavy (non-hydrogen) atoms. The number of halogens is 1. The Hall–Kier alpha value is -0.730. The monoisotopic (exact) mass is 294 g/mol. The molecular weight excluding hydrogens is 268 g/mol. The highest BCUT2D eigenvalue weighted by Gasteiger charge is 2.30. The zero-order valence-electron chi connectivity index (χ0n) is 12.9. The second kappa shape index (κ2) is 6.82. The van der Waals surface area contributed by atoms with Crippen LogP contribution in [0.4, 0.5) is 5.69 Å². The van der Waals surface area contributed by atoms with Crippen LogP contribution < -0.4 is 10.6 Å². The van der Waals surface area contributed by atoms with E-state index in [0.29, 0.717) is 12.1 Å². The number of anilines is 1. The van der Waals surface area contributed by atoms with Crippen LogP contribution in [-0.2, 0) is 6.42 Å². The average Bonchev–Trinajstić information content (AvgIpc) is 2.80. The molecule has 1 aliphatic heterocycles. The highest BCUT2D eigenvalue weighted by atomic mass is 35.5. The molecular formula is C17H27ClN2. The van der Waals surface area contributed by atoms with Crippen molar-refractivity contribution in [3.05, 3.63) is 28.8 Å². The van der Waals surface area contributed by atoms with Gasteiger partial charge in [0.1, 0.15) is 0 Å². The molecule has 0 aromatic heterocycles. The van der Waals surface area contributed by atoms with E-state index in [4.69, 9.17) is 17.3 Å². The summed E-state index contributed by atoms with van der Waals surface area (Å²) in [4.78, 5) is 2.51. The summed E-state index contributed by atoms with van der Waals surface area (Å²) < 4.78 is 0. The first-order chi connectivity index (χ1) is 9.56. The van der Waals surface area contributed by atoms with Crippen LogP contribution in [-0.4, -0.2) is 18.1 Å². The molecule has 1 aliphatic rings. The zero-order valence-corrected chi connectivity index (χ0v) is 13.7. The SMILES string of the molecule is CCC(N)Cc1ccc(N2C(C)CCC2CC)c(Cl)c1. The maximum atomic E-state index is 6.54. The van der Waals surface area contributed by atoms with Gasteiger partial charge in [-0.25, -0.2) is 0 Å². The van der Waals surface area contributed by atoms with Crippen LogP contribution in [0.5, 0.6) is 0 Å². The number of benzene rings is 1. The van der Waals surface area contributed by atoms with Gasteiger partial charge in [0.15, 0.2) is 0 Å². The Bertz CT molecular complexity index is 447. The van der Waals surface area contributed by atoms with Crippen molar-refractivity contribution in [1.29, 1.82) is 0 Å². The Balaban J connectivity index is 2.20. The minimum atomic E-state index is 0.228. The van der Waals surface area contributed by atoms with Crippen molar-refractivity contribution >= 4 is 17.3 Å². The minimum Gasteiger partial charge on any atom is -0.365 e. The standard InChI is InChI=1S/C17H27ClN2/c1-4-14(19)10-13-7-9-17(16(18)11-13)20-12(3)6-8-15(20)5-2/h7,9,11-12,14-15H,4-6,8,10,19H2,1-3H3. The Kier molecular flexibility index (Phi) is 5.34.